The van der Waals surface area contributed by atoms with Gasteiger partial charge in [-0.05, 0) is 67.1 Å². The summed E-state index contributed by atoms with van der Waals surface area (Å²) in [5.41, 5.74) is 4.62. The molecule has 0 atom stereocenters. The summed E-state index contributed by atoms with van der Waals surface area (Å²) in [6.07, 6.45) is 5.45. The van der Waals surface area contributed by atoms with E-state index in [4.69, 9.17) is 33.0 Å². The second kappa shape index (κ2) is 10.7. The number of ether oxygens (including phenoxy) is 1. The first-order valence-electron chi connectivity index (χ1n) is 12.3. The van der Waals surface area contributed by atoms with Crippen LogP contribution in [0, 0.1) is 6.92 Å². The quantitative estimate of drug-likeness (QED) is 0.203. The molecule has 40 heavy (non-hydrogen) atoms. The average Bonchev–Trinajstić information content (AvgIpc) is 3.63. The number of hydrogen-bond acceptors (Lipinski definition) is 6. The first-order chi connectivity index (χ1) is 19.4. The highest BCUT2D eigenvalue weighted by Crippen LogP contribution is 2.30. The lowest BCUT2D eigenvalue weighted by atomic mass is 10.0. The fourth-order valence-corrected chi connectivity index (χ4v) is 5.69. The predicted molar refractivity (Wildman–Crippen MR) is 161 cm³/mol. The van der Waals surface area contributed by atoms with Crippen LogP contribution >= 0.6 is 34.5 Å². The summed E-state index contributed by atoms with van der Waals surface area (Å²) in [6.45, 7) is 6.12. The van der Waals surface area contributed by atoms with E-state index >= 15 is 0 Å². The van der Waals surface area contributed by atoms with Crippen molar-refractivity contribution in [2.45, 2.75) is 6.92 Å². The van der Waals surface area contributed by atoms with Crippen LogP contribution in [0.5, 0.6) is 5.75 Å². The highest BCUT2D eigenvalue weighted by atomic mass is 35.5. The van der Waals surface area contributed by atoms with Gasteiger partial charge in [-0.1, -0.05) is 65.4 Å². The van der Waals surface area contributed by atoms with Gasteiger partial charge in [0.2, 0.25) is 4.96 Å². The third-order valence-electron chi connectivity index (χ3n) is 6.21. The van der Waals surface area contributed by atoms with Crippen LogP contribution in [0.2, 0.25) is 10.0 Å². The van der Waals surface area contributed by atoms with E-state index in [-0.39, 0.29) is 5.56 Å². The molecule has 6 rings (SSSR count). The fraction of sp³-hybridized carbons (Fsp3) is 0.0667. The highest BCUT2D eigenvalue weighted by molar-refractivity contribution is 7.15. The molecule has 0 saturated carbocycles. The van der Waals surface area contributed by atoms with Crippen molar-refractivity contribution in [3.05, 3.63) is 122 Å². The van der Waals surface area contributed by atoms with E-state index in [9.17, 15) is 4.79 Å². The number of nitrogens with zero attached hydrogens (tertiary/aromatic N) is 5. The zero-order chi connectivity index (χ0) is 27.8. The van der Waals surface area contributed by atoms with E-state index in [1.807, 2.05) is 67.7 Å². The maximum atomic E-state index is 13.4. The minimum atomic E-state index is -0.272. The molecule has 198 valence electrons. The zero-order valence-corrected chi connectivity index (χ0v) is 23.5. The number of para-hydroxylation sites is 1. The van der Waals surface area contributed by atoms with Crippen molar-refractivity contribution in [2.75, 3.05) is 6.61 Å². The third kappa shape index (κ3) is 4.93. The van der Waals surface area contributed by atoms with Crippen LogP contribution in [-0.4, -0.2) is 31.0 Å². The van der Waals surface area contributed by atoms with E-state index in [1.165, 1.54) is 15.9 Å². The monoisotopic (exact) mass is 585 g/mol. The van der Waals surface area contributed by atoms with Crippen molar-refractivity contribution < 1.29 is 4.74 Å². The Morgan fingerprint density at radius 3 is 2.60 bits per heavy atom. The van der Waals surface area contributed by atoms with Gasteiger partial charge in [0.15, 0.2) is 5.82 Å². The van der Waals surface area contributed by atoms with Gasteiger partial charge in [0.1, 0.15) is 18.1 Å². The predicted octanol–water partition coefficient (Wildman–Crippen LogP) is 6.40. The first kappa shape index (κ1) is 26.0. The molecule has 0 N–H and O–H groups in total. The first-order valence-corrected chi connectivity index (χ1v) is 13.8. The number of thiazole rings is 1. The molecule has 0 aliphatic rings. The molecule has 3 aromatic heterocycles. The smallest absolute Gasteiger partial charge is 0.291 e. The Bertz CT molecular complexity index is 2000. The minimum absolute atomic E-state index is 0.272. The summed E-state index contributed by atoms with van der Waals surface area (Å²) in [7, 11) is 0. The minimum Gasteiger partial charge on any atom is -0.489 e. The number of halogens is 2. The number of aromatic nitrogens is 5. The Morgan fingerprint density at radius 1 is 1.05 bits per heavy atom. The molecule has 0 fully saturated rings. The second-order valence-corrected chi connectivity index (χ2v) is 10.8. The molecule has 0 aliphatic heterocycles. The number of fused-ring (bicyclic) bond motifs is 1. The molecule has 0 aliphatic carbocycles. The van der Waals surface area contributed by atoms with Crippen molar-refractivity contribution >= 4 is 45.6 Å². The topological polar surface area (TPSA) is 74.3 Å². The summed E-state index contributed by atoms with van der Waals surface area (Å²) >= 11 is 13.6. The summed E-state index contributed by atoms with van der Waals surface area (Å²) in [5, 5.41) is 10.2. The van der Waals surface area contributed by atoms with E-state index in [0.29, 0.717) is 37.5 Å². The Hall–Kier alpha value is -4.24. The molecule has 0 spiro atoms. The van der Waals surface area contributed by atoms with Gasteiger partial charge in [-0.25, -0.2) is 4.68 Å². The van der Waals surface area contributed by atoms with Crippen LogP contribution < -0.4 is 14.8 Å². The van der Waals surface area contributed by atoms with Crippen LogP contribution in [0.15, 0.2) is 90.4 Å². The maximum Gasteiger partial charge on any atom is 0.291 e. The summed E-state index contributed by atoms with van der Waals surface area (Å²) in [5.74, 6) is 1.14. The Balaban J connectivity index is 1.46. The number of hydrogen-bond donors (Lipinski definition) is 0. The Kier molecular flexibility index (Phi) is 6.98. The van der Waals surface area contributed by atoms with Crippen molar-refractivity contribution in [1.82, 2.24) is 24.4 Å². The van der Waals surface area contributed by atoms with Crippen LogP contribution in [-0.2, 0) is 0 Å². The lowest BCUT2D eigenvalue weighted by Crippen LogP contribution is -2.23. The van der Waals surface area contributed by atoms with Gasteiger partial charge in [-0.3, -0.25) is 4.79 Å². The molecule has 0 unspecified atom stereocenters. The zero-order valence-electron chi connectivity index (χ0n) is 21.2. The largest absolute Gasteiger partial charge is 0.489 e. The lowest BCUT2D eigenvalue weighted by molar-refractivity contribution is 0.361. The van der Waals surface area contributed by atoms with E-state index < -0.39 is 0 Å². The number of aryl methyl sites for hydroxylation is 1. The van der Waals surface area contributed by atoms with Gasteiger partial charge in [0, 0.05) is 27.9 Å². The molecule has 3 heterocycles. The normalized spacial score (nSPS) is 11.8. The van der Waals surface area contributed by atoms with Crippen molar-refractivity contribution in [3.63, 3.8) is 0 Å². The van der Waals surface area contributed by atoms with Crippen molar-refractivity contribution in [3.8, 4) is 34.1 Å². The molecule has 0 bridgehead atoms. The van der Waals surface area contributed by atoms with Gasteiger partial charge in [-0.15, -0.1) is 5.10 Å². The highest BCUT2D eigenvalue weighted by Gasteiger charge is 2.17. The maximum absolute atomic E-state index is 13.4. The molecular weight excluding hydrogens is 565 g/mol. The van der Waals surface area contributed by atoms with Gasteiger partial charge in [0.05, 0.1) is 15.2 Å². The molecule has 3 aromatic carbocycles. The SMILES string of the molecule is C=CCOc1ccc(-c2nn(-c3ccccc3)cc2/C=c2\sc3nc(-c4ccc(Cl)cc4Cl)nn3c2=O)cc1C. The van der Waals surface area contributed by atoms with E-state index in [1.54, 1.807) is 29.0 Å². The second-order valence-electron chi connectivity index (χ2n) is 8.96. The van der Waals surface area contributed by atoms with Gasteiger partial charge in [0.25, 0.3) is 5.56 Å². The number of benzene rings is 3. The molecule has 0 amide bonds. The molecule has 10 heteroatoms. The van der Waals surface area contributed by atoms with Crippen molar-refractivity contribution in [1.29, 1.82) is 0 Å². The third-order valence-corrected chi connectivity index (χ3v) is 7.72. The van der Waals surface area contributed by atoms with Gasteiger partial charge < -0.3 is 4.74 Å². The van der Waals surface area contributed by atoms with Crippen molar-refractivity contribution in [2.24, 2.45) is 0 Å². The fourth-order valence-electron chi connectivity index (χ4n) is 4.30. The van der Waals surface area contributed by atoms with Crippen LogP contribution in [0.25, 0.3) is 39.4 Å². The molecule has 0 radical (unpaired) electrons. The van der Waals surface area contributed by atoms with E-state index in [0.717, 1.165) is 33.8 Å². The summed E-state index contributed by atoms with van der Waals surface area (Å²) in [4.78, 5) is 18.4. The lowest BCUT2D eigenvalue weighted by Gasteiger charge is -2.08. The van der Waals surface area contributed by atoms with Crippen LogP contribution in [0.1, 0.15) is 11.1 Å². The summed E-state index contributed by atoms with van der Waals surface area (Å²) in [6, 6.07) is 20.8. The standard InChI is InChI=1S/C30H21Cl2N5O2S/c1-3-13-39-25-12-9-19(14-18(25)2)27-20(17-36(34-27)22-7-5-4-6-8-22)15-26-29(38)37-30(40-26)33-28(35-37)23-11-10-21(31)16-24(23)32/h3-12,14-17H,1,13H2,2H3/b26-15-. The molecule has 6 aromatic rings. The Morgan fingerprint density at radius 2 is 1.88 bits per heavy atom. The average molecular weight is 587 g/mol. The van der Waals surface area contributed by atoms with Gasteiger partial charge in [-0.2, -0.15) is 14.6 Å². The summed E-state index contributed by atoms with van der Waals surface area (Å²) < 4.78 is 9.34. The molecule has 0 saturated heterocycles. The molecule has 7 nitrogen and oxygen atoms in total. The van der Waals surface area contributed by atoms with E-state index in [2.05, 4.69) is 16.7 Å². The van der Waals surface area contributed by atoms with Gasteiger partial charge >= 0.3 is 0 Å². The number of rotatable bonds is 7. The Labute approximate surface area is 243 Å². The van der Waals surface area contributed by atoms with Crippen LogP contribution in [0.3, 0.4) is 0 Å². The van der Waals surface area contributed by atoms with Crippen LogP contribution in [0.4, 0.5) is 0 Å². The molecular formula is C30H21Cl2N5O2S.